The van der Waals surface area contributed by atoms with Crippen LogP contribution >= 0.6 is 0 Å². The van der Waals surface area contributed by atoms with Crippen molar-refractivity contribution in [2.75, 3.05) is 7.11 Å². The van der Waals surface area contributed by atoms with Crippen molar-refractivity contribution in [3.63, 3.8) is 0 Å². The second-order valence-electron chi connectivity index (χ2n) is 5.41. The van der Waals surface area contributed by atoms with Crippen LogP contribution in [0.4, 0.5) is 0 Å². The number of ether oxygens (including phenoxy) is 1. The number of hydrogen-bond donors (Lipinski definition) is 1. The molecule has 23 heavy (non-hydrogen) atoms. The number of H-pyrrole nitrogens is 1. The van der Waals surface area contributed by atoms with Crippen LogP contribution in [0.5, 0.6) is 0 Å². The maximum absolute atomic E-state index is 11.8. The maximum Gasteiger partial charge on any atom is 0.310 e. The fourth-order valence-corrected chi connectivity index (χ4v) is 2.72. The highest BCUT2D eigenvalue weighted by molar-refractivity contribution is 5.96. The number of nitrogens with one attached hydrogen (secondary N) is 1. The zero-order valence-corrected chi connectivity index (χ0v) is 13.1. The molecule has 0 aliphatic heterocycles. The predicted molar refractivity (Wildman–Crippen MR) is 89.5 cm³/mol. The lowest BCUT2D eigenvalue weighted by atomic mass is 10.0. The molecule has 0 unspecified atom stereocenters. The predicted octanol–water partition coefficient (Wildman–Crippen LogP) is 3.75. The minimum absolute atomic E-state index is 0.0305. The highest BCUT2D eigenvalue weighted by Crippen LogP contribution is 2.31. The molecule has 0 bridgehead atoms. The number of methoxy groups -OCH3 is 1. The summed E-state index contributed by atoms with van der Waals surface area (Å²) in [5, 5.41) is 1.00. The molecule has 116 valence electrons. The van der Waals surface area contributed by atoms with E-state index >= 15 is 0 Å². The van der Waals surface area contributed by atoms with Gasteiger partial charge in [-0.25, -0.2) is 0 Å². The Bertz CT molecular complexity index is 875. The normalized spacial score (nSPS) is 10.7. The van der Waals surface area contributed by atoms with E-state index in [1.807, 2.05) is 36.4 Å². The Labute approximate surface area is 134 Å². The average molecular weight is 307 g/mol. The van der Waals surface area contributed by atoms with Crippen molar-refractivity contribution >= 4 is 22.7 Å². The molecule has 0 fully saturated rings. The Morgan fingerprint density at radius 3 is 2.39 bits per heavy atom. The van der Waals surface area contributed by atoms with Gasteiger partial charge >= 0.3 is 5.97 Å². The number of aromatic amines is 1. The SMILES string of the molecule is COC(=O)Cc1c(-c2ccc(C(C)=O)cc2)[nH]c2ccccc12. The molecule has 0 spiro atoms. The van der Waals surface area contributed by atoms with E-state index in [-0.39, 0.29) is 18.2 Å². The van der Waals surface area contributed by atoms with E-state index in [1.165, 1.54) is 7.11 Å². The van der Waals surface area contributed by atoms with Crippen molar-refractivity contribution < 1.29 is 14.3 Å². The largest absolute Gasteiger partial charge is 0.469 e. The lowest BCUT2D eigenvalue weighted by molar-refractivity contribution is -0.139. The molecule has 3 aromatic rings. The summed E-state index contributed by atoms with van der Waals surface area (Å²) in [6.07, 6.45) is 0.199. The molecule has 1 heterocycles. The summed E-state index contributed by atoms with van der Waals surface area (Å²) in [4.78, 5) is 26.6. The van der Waals surface area contributed by atoms with E-state index in [0.29, 0.717) is 5.56 Å². The highest BCUT2D eigenvalue weighted by atomic mass is 16.5. The summed E-state index contributed by atoms with van der Waals surface area (Å²) in [5.74, 6) is -0.251. The zero-order valence-electron chi connectivity index (χ0n) is 13.1. The molecule has 4 nitrogen and oxygen atoms in total. The van der Waals surface area contributed by atoms with Crippen LogP contribution in [0.25, 0.3) is 22.2 Å². The van der Waals surface area contributed by atoms with Gasteiger partial charge in [0.25, 0.3) is 0 Å². The molecule has 0 aliphatic rings. The lowest BCUT2D eigenvalue weighted by Crippen LogP contribution is -2.05. The second kappa shape index (κ2) is 6.08. The monoisotopic (exact) mass is 307 g/mol. The third kappa shape index (κ3) is 2.88. The van der Waals surface area contributed by atoms with Gasteiger partial charge in [-0.15, -0.1) is 0 Å². The topological polar surface area (TPSA) is 59.2 Å². The van der Waals surface area contributed by atoms with Gasteiger partial charge in [0, 0.05) is 16.5 Å². The summed E-state index contributed by atoms with van der Waals surface area (Å²) < 4.78 is 4.82. The van der Waals surface area contributed by atoms with E-state index in [2.05, 4.69) is 4.98 Å². The second-order valence-corrected chi connectivity index (χ2v) is 5.41. The smallest absolute Gasteiger partial charge is 0.310 e. The fourth-order valence-electron chi connectivity index (χ4n) is 2.72. The first kappa shape index (κ1) is 15.0. The molecule has 4 heteroatoms. The molecule has 2 aromatic carbocycles. The van der Waals surface area contributed by atoms with Crippen molar-refractivity contribution in [1.82, 2.24) is 4.98 Å². The highest BCUT2D eigenvalue weighted by Gasteiger charge is 2.16. The van der Waals surface area contributed by atoms with Crippen molar-refractivity contribution in [2.45, 2.75) is 13.3 Å². The van der Waals surface area contributed by atoms with E-state index < -0.39 is 0 Å². The third-order valence-corrected chi connectivity index (χ3v) is 3.94. The Morgan fingerprint density at radius 2 is 1.74 bits per heavy atom. The van der Waals surface area contributed by atoms with Gasteiger partial charge in [0.2, 0.25) is 0 Å². The number of para-hydroxylation sites is 1. The molecule has 1 N–H and O–H groups in total. The number of Topliss-reactive ketones (excluding diaryl/α,β-unsaturated/α-hetero) is 1. The molecular formula is C19H17NO3. The molecule has 0 amide bonds. The van der Waals surface area contributed by atoms with Gasteiger partial charge in [0.15, 0.2) is 5.78 Å². The lowest BCUT2D eigenvalue weighted by Gasteiger charge is -2.05. The minimum Gasteiger partial charge on any atom is -0.469 e. The fraction of sp³-hybridized carbons (Fsp3) is 0.158. The summed E-state index contributed by atoms with van der Waals surface area (Å²) >= 11 is 0. The first-order valence-electron chi connectivity index (χ1n) is 7.38. The summed E-state index contributed by atoms with van der Waals surface area (Å²) in [6, 6.07) is 15.2. The molecule has 3 rings (SSSR count). The van der Waals surface area contributed by atoms with Gasteiger partial charge < -0.3 is 9.72 Å². The average Bonchev–Trinajstić information content (AvgIpc) is 2.93. The molecule has 1 aromatic heterocycles. The standard InChI is InChI=1S/C19H17NO3/c1-12(21)13-7-9-14(10-8-13)19-16(11-18(22)23-2)15-5-3-4-6-17(15)20-19/h3-10,20H,11H2,1-2H3. The number of aromatic nitrogens is 1. The number of fused-ring (bicyclic) bond motifs is 1. The Hall–Kier alpha value is -2.88. The summed E-state index contributed by atoms with van der Waals surface area (Å²) in [5.41, 5.74) is 4.36. The molecule has 0 saturated heterocycles. The van der Waals surface area contributed by atoms with Crippen molar-refractivity contribution in [3.05, 3.63) is 59.7 Å². The first-order valence-corrected chi connectivity index (χ1v) is 7.38. The van der Waals surface area contributed by atoms with Crippen LogP contribution in [0.15, 0.2) is 48.5 Å². The van der Waals surface area contributed by atoms with Crippen LogP contribution < -0.4 is 0 Å². The number of rotatable bonds is 4. The number of benzene rings is 2. The molecule has 0 saturated carbocycles. The Balaban J connectivity index is 2.13. The van der Waals surface area contributed by atoms with Crippen LogP contribution in [0.1, 0.15) is 22.8 Å². The van der Waals surface area contributed by atoms with Gasteiger partial charge in [-0.3, -0.25) is 9.59 Å². The Kier molecular flexibility index (Phi) is 3.98. The van der Waals surface area contributed by atoms with Crippen molar-refractivity contribution in [2.24, 2.45) is 0 Å². The quantitative estimate of drug-likeness (QED) is 0.590. The molecular weight excluding hydrogens is 290 g/mol. The third-order valence-electron chi connectivity index (χ3n) is 3.94. The molecule has 0 radical (unpaired) electrons. The van der Waals surface area contributed by atoms with Gasteiger partial charge in [0.05, 0.1) is 19.2 Å². The molecule has 0 aliphatic carbocycles. The summed E-state index contributed by atoms with van der Waals surface area (Å²) in [7, 11) is 1.39. The van der Waals surface area contributed by atoms with E-state index in [4.69, 9.17) is 4.74 Å². The van der Waals surface area contributed by atoms with Gasteiger partial charge in [0.1, 0.15) is 0 Å². The first-order chi connectivity index (χ1) is 11.1. The summed E-state index contributed by atoms with van der Waals surface area (Å²) in [6.45, 7) is 1.54. The van der Waals surface area contributed by atoms with Crippen molar-refractivity contribution in [1.29, 1.82) is 0 Å². The van der Waals surface area contributed by atoms with E-state index in [1.54, 1.807) is 19.1 Å². The van der Waals surface area contributed by atoms with Crippen LogP contribution in [0.2, 0.25) is 0 Å². The number of hydrogen-bond acceptors (Lipinski definition) is 3. The Morgan fingerprint density at radius 1 is 1.04 bits per heavy atom. The van der Waals surface area contributed by atoms with Gasteiger partial charge in [-0.05, 0) is 24.1 Å². The van der Waals surface area contributed by atoms with Crippen LogP contribution in [0, 0.1) is 0 Å². The number of ketones is 1. The van der Waals surface area contributed by atoms with Crippen molar-refractivity contribution in [3.8, 4) is 11.3 Å². The van der Waals surface area contributed by atoms with Gasteiger partial charge in [-0.2, -0.15) is 0 Å². The minimum atomic E-state index is -0.281. The van der Waals surface area contributed by atoms with E-state index in [9.17, 15) is 9.59 Å². The maximum atomic E-state index is 11.8. The number of carbonyl (C=O) groups excluding carboxylic acids is 2. The van der Waals surface area contributed by atoms with Gasteiger partial charge in [-0.1, -0.05) is 42.5 Å². The zero-order chi connectivity index (χ0) is 16.4. The number of carbonyl (C=O) groups is 2. The van der Waals surface area contributed by atoms with E-state index in [0.717, 1.165) is 27.7 Å². The number of esters is 1. The van der Waals surface area contributed by atoms with Crippen LogP contribution in [0.3, 0.4) is 0 Å². The van der Waals surface area contributed by atoms with Crippen LogP contribution in [-0.4, -0.2) is 23.8 Å². The molecule has 0 atom stereocenters. The van der Waals surface area contributed by atoms with Crippen LogP contribution in [-0.2, 0) is 16.0 Å².